The van der Waals surface area contributed by atoms with Crippen molar-refractivity contribution in [1.29, 1.82) is 0 Å². The quantitative estimate of drug-likeness (QED) is 0.483. The topological polar surface area (TPSA) is 111 Å². The van der Waals surface area contributed by atoms with Crippen LogP contribution in [0.5, 0.6) is 5.75 Å². The lowest BCUT2D eigenvalue weighted by atomic mass is 9.99. The Morgan fingerprint density at radius 1 is 0.900 bits per heavy atom. The van der Waals surface area contributed by atoms with Gasteiger partial charge in [-0.2, -0.15) is 0 Å². The number of rotatable bonds is 5. The van der Waals surface area contributed by atoms with Gasteiger partial charge in [0.15, 0.2) is 0 Å². The van der Waals surface area contributed by atoms with Crippen LogP contribution < -0.4 is 10.1 Å². The van der Waals surface area contributed by atoms with Gasteiger partial charge in [0.1, 0.15) is 30.2 Å². The molecule has 0 aliphatic carbocycles. The van der Waals surface area contributed by atoms with E-state index in [2.05, 4.69) is 5.32 Å². The third-order valence-corrected chi connectivity index (χ3v) is 3.81. The summed E-state index contributed by atoms with van der Waals surface area (Å²) in [6.07, 6.45) is -5.58. The maximum Gasteiger partial charge on any atom is 0.229 e. The normalized spacial score (nSPS) is 24.1. The molecule has 2 rings (SSSR count). The molecule has 0 saturated carbocycles. The van der Waals surface area contributed by atoms with Crippen molar-refractivity contribution in [2.75, 3.05) is 19.0 Å². The minimum atomic E-state index is -1.45. The van der Waals surface area contributed by atoms with Crippen molar-refractivity contribution in [3.8, 4) is 5.75 Å². The molecule has 1 aromatic rings. The molecule has 30 heavy (non-hydrogen) atoms. The van der Waals surface area contributed by atoms with Crippen LogP contribution in [-0.4, -0.2) is 64.8 Å². The number of hydrogen-bond acceptors (Lipinski definition) is 7. The lowest BCUT2D eigenvalue weighted by molar-refractivity contribution is -0.277. The fourth-order valence-electron chi connectivity index (χ4n) is 2.39. The molecule has 7 nitrogen and oxygen atoms in total. The third kappa shape index (κ3) is 10.1. The molecule has 0 radical (unpaired) electrons. The molecule has 1 saturated heterocycles. The van der Waals surface area contributed by atoms with Crippen LogP contribution in [0.4, 0.5) is 5.69 Å². The first-order valence-corrected chi connectivity index (χ1v) is 11.3. The van der Waals surface area contributed by atoms with Gasteiger partial charge in [-0.15, -0.1) is 0 Å². The average molecular weight is 434 g/mol. The van der Waals surface area contributed by atoms with E-state index < -0.39 is 37.3 Å². The molecule has 1 aromatic carbocycles. The lowest BCUT2D eigenvalue weighted by Crippen LogP contribution is -2.60. The maximum absolute atomic E-state index is 9.98. The van der Waals surface area contributed by atoms with Gasteiger partial charge in [0.2, 0.25) is 6.29 Å². The molecule has 0 bridgehead atoms. The Labute approximate surface area is 184 Å². The van der Waals surface area contributed by atoms with Gasteiger partial charge in [0.25, 0.3) is 0 Å². The lowest BCUT2D eigenvalue weighted by Gasteiger charge is -2.39. The third-order valence-electron chi connectivity index (χ3n) is 3.81. The molecular formula is C23H47NO6. The number of aryl methyl sites for hydroxylation is 1. The van der Waals surface area contributed by atoms with Crippen molar-refractivity contribution in [3.05, 3.63) is 23.8 Å². The summed E-state index contributed by atoms with van der Waals surface area (Å²) in [5.41, 5.74) is 1.84. The van der Waals surface area contributed by atoms with Gasteiger partial charge in [0, 0.05) is 7.05 Å². The predicted molar refractivity (Wildman–Crippen MR) is 125 cm³/mol. The van der Waals surface area contributed by atoms with Gasteiger partial charge in [-0.1, -0.05) is 68.4 Å². The highest BCUT2D eigenvalue weighted by Gasteiger charge is 2.44. The largest absolute Gasteiger partial charge is 0.460 e. The summed E-state index contributed by atoms with van der Waals surface area (Å²) < 4.78 is 11.0. The zero-order valence-electron chi connectivity index (χ0n) is 20.6. The van der Waals surface area contributed by atoms with E-state index >= 15 is 0 Å². The van der Waals surface area contributed by atoms with Gasteiger partial charge in [-0.05, 0) is 24.1 Å². The van der Waals surface area contributed by atoms with Gasteiger partial charge in [-0.3, -0.25) is 0 Å². The van der Waals surface area contributed by atoms with E-state index in [4.69, 9.17) is 9.47 Å². The van der Waals surface area contributed by atoms with E-state index in [-0.39, 0.29) is 0 Å². The van der Waals surface area contributed by atoms with Crippen molar-refractivity contribution in [3.63, 3.8) is 0 Å². The van der Waals surface area contributed by atoms with Crippen molar-refractivity contribution >= 4 is 5.69 Å². The van der Waals surface area contributed by atoms with E-state index in [1.807, 2.05) is 74.4 Å². The smallest absolute Gasteiger partial charge is 0.229 e. The molecule has 1 fully saturated rings. The van der Waals surface area contributed by atoms with Crippen LogP contribution >= 0.6 is 0 Å². The number of anilines is 1. The van der Waals surface area contributed by atoms with Crippen LogP contribution in [-0.2, 0) is 11.2 Å². The van der Waals surface area contributed by atoms with Crippen molar-refractivity contribution in [2.45, 2.75) is 99.4 Å². The van der Waals surface area contributed by atoms with Crippen LogP contribution in [0.1, 0.15) is 67.9 Å². The number of aliphatic hydroxyl groups is 4. The molecule has 180 valence electrons. The monoisotopic (exact) mass is 433 g/mol. The summed E-state index contributed by atoms with van der Waals surface area (Å²) in [7, 11) is 1.74. The first kappa shape index (κ1) is 33.3. The van der Waals surface area contributed by atoms with Gasteiger partial charge in [-0.25, -0.2) is 0 Å². The molecule has 5 N–H and O–H groups in total. The van der Waals surface area contributed by atoms with Gasteiger partial charge < -0.3 is 35.2 Å². The van der Waals surface area contributed by atoms with Crippen LogP contribution in [0.2, 0.25) is 0 Å². The minimum Gasteiger partial charge on any atom is -0.460 e. The molecule has 1 aliphatic heterocycles. The Bertz CT molecular complexity index is 499. The number of ether oxygens (including phenoxy) is 2. The van der Waals surface area contributed by atoms with Crippen molar-refractivity contribution < 1.29 is 29.9 Å². The SMILES string of the molecule is CC.CC.CC.CC.CCc1ccc(OC2OC(CO)C(O)C(O)C2O)c(NC)c1. The minimum absolute atomic E-state index is 0.448. The summed E-state index contributed by atoms with van der Waals surface area (Å²) >= 11 is 0. The number of nitrogens with one attached hydrogen (secondary N) is 1. The van der Waals surface area contributed by atoms with Gasteiger partial charge in [0.05, 0.1) is 12.3 Å². The highest BCUT2D eigenvalue weighted by atomic mass is 16.7. The van der Waals surface area contributed by atoms with Crippen LogP contribution in [0, 0.1) is 0 Å². The van der Waals surface area contributed by atoms with Crippen LogP contribution in [0.25, 0.3) is 0 Å². The summed E-state index contributed by atoms with van der Waals surface area (Å²) in [6, 6.07) is 5.55. The van der Waals surface area contributed by atoms with Crippen molar-refractivity contribution in [2.24, 2.45) is 0 Å². The van der Waals surface area contributed by atoms with Crippen molar-refractivity contribution in [1.82, 2.24) is 0 Å². The fraction of sp³-hybridized carbons (Fsp3) is 0.739. The number of benzene rings is 1. The molecule has 5 unspecified atom stereocenters. The maximum atomic E-state index is 9.98. The second-order valence-electron chi connectivity index (χ2n) is 5.25. The molecule has 0 spiro atoms. The predicted octanol–water partition coefficient (Wildman–Crippen LogP) is 3.57. The molecule has 5 atom stereocenters. The van der Waals surface area contributed by atoms with Crippen LogP contribution in [0.15, 0.2) is 18.2 Å². The van der Waals surface area contributed by atoms with E-state index in [9.17, 15) is 20.4 Å². The summed E-state index contributed by atoms with van der Waals surface area (Å²) in [5.74, 6) is 0.448. The molecule has 1 aliphatic rings. The van der Waals surface area contributed by atoms with Crippen LogP contribution in [0.3, 0.4) is 0 Å². The van der Waals surface area contributed by atoms with E-state index in [0.717, 1.165) is 17.7 Å². The molecular weight excluding hydrogens is 386 g/mol. The second-order valence-corrected chi connectivity index (χ2v) is 5.25. The molecule has 1 heterocycles. The Kier molecular flexibility index (Phi) is 23.1. The number of hydrogen-bond donors (Lipinski definition) is 5. The fourth-order valence-corrected chi connectivity index (χ4v) is 2.39. The average Bonchev–Trinajstić information content (AvgIpc) is 2.84. The first-order chi connectivity index (χ1) is 14.5. The zero-order chi connectivity index (χ0) is 24.3. The summed E-state index contributed by atoms with van der Waals surface area (Å²) in [6.45, 7) is 17.5. The standard InChI is InChI=1S/C15H23NO6.4C2H6/c1-3-8-4-5-10(9(6-8)16-2)21-15-14(20)13(19)12(18)11(7-17)22-15;4*1-2/h4-6,11-20H,3,7H2,1-2H3;4*1-2H3. The zero-order valence-corrected chi connectivity index (χ0v) is 20.6. The Morgan fingerprint density at radius 3 is 1.87 bits per heavy atom. The Balaban J connectivity index is -0.000000815. The Hall–Kier alpha value is -1.38. The van der Waals surface area contributed by atoms with E-state index in [0.29, 0.717) is 5.75 Å². The number of aliphatic hydroxyl groups excluding tert-OH is 4. The molecule has 7 heteroatoms. The highest BCUT2D eigenvalue weighted by molar-refractivity contribution is 5.57. The molecule has 0 amide bonds. The summed E-state index contributed by atoms with van der Waals surface area (Å²) in [5, 5.41) is 41.7. The molecule has 0 aromatic heterocycles. The first-order valence-electron chi connectivity index (χ1n) is 11.3. The second kappa shape index (κ2) is 20.9. The summed E-state index contributed by atoms with van der Waals surface area (Å²) in [4.78, 5) is 0. The Morgan fingerprint density at radius 2 is 1.43 bits per heavy atom. The highest BCUT2D eigenvalue weighted by Crippen LogP contribution is 2.30. The van der Waals surface area contributed by atoms with E-state index in [1.54, 1.807) is 13.1 Å². The van der Waals surface area contributed by atoms with E-state index in [1.165, 1.54) is 0 Å². The van der Waals surface area contributed by atoms with Gasteiger partial charge >= 0.3 is 0 Å².